The molecule has 2 aromatic carbocycles. The van der Waals surface area contributed by atoms with Crippen molar-refractivity contribution in [2.24, 2.45) is 11.8 Å². The number of likely N-dealkylation sites (tertiary alicyclic amines) is 1. The van der Waals surface area contributed by atoms with Crippen molar-refractivity contribution in [3.05, 3.63) is 77.0 Å². The number of aromatic nitrogens is 2. The Balaban J connectivity index is 1.36. The lowest BCUT2D eigenvalue weighted by Gasteiger charge is -2.32. The summed E-state index contributed by atoms with van der Waals surface area (Å²) >= 11 is 0. The first-order valence-electron chi connectivity index (χ1n) is 14.6. The largest absolute Gasteiger partial charge is 0.473 e. The molecule has 3 atom stereocenters. The first kappa shape index (κ1) is 29.4. The maximum atomic E-state index is 14.0. The van der Waals surface area contributed by atoms with Gasteiger partial charge < -0.3 is 9.64 Å². The summed E-state index contributed by atoms with van der Waals surface area (Å²) < 4.78 is 35.9. The average molecular weight is 567 g/mol. The highest BCUT2D eigenvalue weighted by molar-refractivity contribution is 5.81. The normalized spacial score (nSPS) is 21.3. The molecule has 0 N–H and O–H groups in total. The first-order valence-corrected chi connectivity index (χ1v) is 14.6. The second-order valence-electron chi connectivity index (χ2n) is 11.4. The molecule has 0 saturated carbocycles. The lowest BCUT2D eigenvalue weighted by molar-refractivity contribution is -0.146. The fourth-order valence-electron chi connectivity index (χ4n) is 5.98. The molecule has 0 bridgehead atoms. The Hall–Kier alpha value is -3.14. The number of ketones is 1. The third-order valence-corrected chi connectivity index (χ3v) is 8.53. The SMILES string of the molecule is CCN1C[C@@H](CC(=O)Cc2c(C)c(OC(C)C3CCN(C)CC3)nn2-c2ccccc2)[C@H](c2ccc(F)c(F)c2)O1. The zero-order valence-corrected chi connectivity index (χ0v) is 24.4. The number of ether oxygens (including phenoxy) is 1. The third kappa shape index (κ3) is 6.68. The summed E-state index contributed by atoms with van der Waals surface area (Å²) in [7, 11) is 2.15. The van der Waals surface area contributed by atoms with Gasteiger partial charge in [-0.15, -0.1) is 5.10 Å². The fraction of sp³-hybridized carbons (Fsp3) is 0.500. The lowest BCUT2D eigenvalue weighted by Crippen LogP contribution is -2.36. The zero-order valence-electron chi connectivity index (χ0n) is 24.4. The van der Waals surface area contributed by atoms with E-state index in [-0.39, 0.29) is 30.6 Å². The maximum absolute atomic E-state index is 14.0. The van der Waals surface area contributed by atoms with Crippen LogP contribution in [0.15, 0.2) is 48.5 Å². The van der Waals surface area contributed by atoms with Crippen molar-refractivity contribution in [2.45, 2.75) is 58.7 Å². The molecule has 2 saturated heterocycles. The summed E-state index contributed by atoms with van der Waals surface area (Å²) in [5.41, 5.74) is 3.04. The van der Waals surface area contributed by atoms with E-state index in [1.807, 2.05) is 48.9 Å². The van der Waals surface area contributed by atoms with Crippen LogP contribution in [0, 0.1) is 30.4 Å². The van der Waals surface area contributed by atoms with E-state index in [1.165, 1.54) is 12.1 Å². The van der Waals surface area contributed by atoms with Crippen LogP contribution in [0.4, 0.5) is 8.78 Å². The van der Waals surface area contributed by atoms with Gasteiger partial charge in [0.05, 0.1) is 11.4 Å². The summed E-state index contributed by atoms with van der Waals surface area (Å²) in [5.74, 6) is -0.978. The molecule has 5 rings (SSSR count). The smallest absolute Gasteiger partial charge is 0.236 e. The van der Waals surface area contributed by atoms with Gasteiger partial charge in [-0.1, -0.05) is 31.2 Å². The number of benzene rings is 2. The number of hydroxylamine groups is 2. The summed E-state index contributed by atoms with van der Waals surface area (Å²) in [6.07, 6.45) is 2.06. The lowest BCUT2D eigenvalue weighted by atomic mass is 9.90. The van der Waals surface area contributed by atoms with E-state index >= 15 is 0 Å². The molecule has 220 valence electrons. The Labute approximate surface area is 241 Å². The molecular formula is C32H40F2N4O3. The van der Waals surface area contributed by atoms with Gasteiger partial charge in [-0.05, 0) is 82.6 Å². The average Bonchev–Trinajstić information content (AvgIpc) is 3.51. The van der Waals surface area contributed by atoms with Crippen molar-refractivity contribution < 1.29 is 23.1 Å². The van der Waals surface area contributed by atoms with Gasteiger partial charge in [-0.3, -0.25) is 9.63 Å². The molecule has 1 unspecified atom stereocenters. The Morgan fingerprint density at radius 1 is 1.12 bits per heavy atom. The van der Waals surface area contributed by atoms with E-state index in [2.05, 4.69) is 18.9 Å². The van der Waals surface area contributed by atoms with E-state index in [1.54, 1.807) is 5.06 Å². The molecular weight excluding hydrogens is 526 g/mol. The molecule has 9 heteroatoms. The Bertz CT molecular complexity index is 1340. The number of carbonyl (C=O) groups is 1. The molecule has 0 radical (unpaired) electrons. The van der Waals surface area contributed by atoms with Gasteiger partial charge >= 0.3 is 0 Å². The summed E-state index contributed by atoms with van der Waals surface area (Å²) in [6, 6.07) is 13.6. The van der Waals surface area contributed by atoms with Crippen LogP contribution >= 0.6 is 0 Å². The Kier molecular flexibility index (Phi) is 9.16. The van der Waals surface area contributed by atoms with Gasteiger partial charge in [0.15, 0.2) is 11.6 Å². The number of hydrogen-bond donors (Lipinski definition) is 0. The van der Waals surface area contributed by atoms with Crippen LogP contribution in [-0.2, 0) is 16.1 Å². The van der Waals surface area contributed by atoms with E-state index in [9.17, 15) is 13.6 Å². The number of rotatable bonds is 10. The van der Waals surface area contributed by atoms with Crippen LogP contribution in [0.3, 0.4) is 0 Å². The zero-order chi connectivity index (χ0) is 29.1. The molecule has 0 aliphatic carbocycles. The van der Waals surface area contributed by atoms with Crippen molar-refractivity contribution in [1.82, 2.24) is 19.7 Å². The first-order chi connectivity index (χ1) is 19.7. The van der Waals surface area contributed by atoms with Crippen LogP contribution in [0.25, 0.3) is 5.69 Å². The van der Waals surface area contributed by atoms with Gasteiger partial charge in [0, 0.05) is 37.4 Å². The van der Waals surface area contributed by atoms with Crippen LogP contribution < -0.4 is 4.74 Å². The highest BCUT2D eigenvalue weighted by atomic mass is 19.2. The van der Waals surface area contributed by atoms with Gasteiger partial charge in [0.2, 0.25) is 5.88 Å². The Morgan fingerprint density at radius 3 is 2.54 bits per heavy atom. The number of nitrogens with zero attached hydrogens (tertiary/aromatic N) is 4. The van der Waals surface area contributed by atoms with Crippen molar-refractivity contribution in [1.29, 1.82) is 0 Å². The fourth-order valence-corrected chi connectivity index (χ4v) is 5.98. The van der Waals surface area contributed by atoms with Gasteiger partial charge in [0.1, 0.15) is 18.0 Å². The Morgan fingerprint density at radius 2 is 1.85 bits per heavy atom. The number of hydrogen-bond acceptors (Lipinski definition) is 6. The summed E-state index contributed by atoms with van der Waals surface area (Å²) in [5, 5.41) is 6.62. The minimum atomic E-state index is -0.921. The van der Waals surface area contributed by atoms with Crippen molar-refractivity contribution >= 4 is 5.78 Å². The van der Waals surface area contributed by atoms with E-state index < -0.39 is 17.7 Å². The number of carbonyl (C=O) groups excluding carboxylic acids is 1. The van der Waals surface area contributed by atoms with Gasteiger partial charge in [-0.2, -0.15) is 5.06 Å². The molecule has 0 amide bonds. The molecule has 3 heterocycles. The van der Waals surface area contributed by atoms with Gasteiger partial charge in [0.25, 0.3) is 0 Å². The summed E-state index contributed by atoms with van der Waals surface area (Å²) in [6.45, 7) is 9.31. The van der Waals surface area contributed by atoms with Crippen molar-refractivity contribution in [2.75, 3.05) is 33.2 Å². The standard InChI is InChI=1S/C32H40F2N4O3/c1-5-37-20-25(31(41-37)24-11-12-28(33)29(34)18-24)17-27(39)19-30-21(2)32(35-38(30)26-9-7-6-8-10-26)40-22(3)23-13-15-36(4)16-14-23/h6-12,18,22-23,25,31H,5,13-17,19-20H2,1-4H3/t22?,25-,31+/m1/s1. The second-order valence-corrected chi connectivity index (χ2v) is 11.4. The molecule has 41 heavy (non-hydrogen) atoms. The highest BCUT2D eigenvalue weighted by Gasteiger charge is 2.37. The molecule has 3 aromatic rings. The van der Waals surface area contributed by atoms with Crippen LogP contribution in [-0.4, -0.2) is 64.9 Å². The topological polar surface area (TPSA) is 59.8 Å². The molecule has 2 aliphatic rings. The minimum Gasteiger partial charge on any atom is -0.473 e. The monoisotopic (exact) mass is 566 g/mol. The molecule has 1 aromatic heterocycles. The third-order valence-electron chi connectivity index (χ3n) is 8.53. The molecule has 0 spiro atoms. The number of Topliss-reactive ketones (excluding diaryl/α,β-unsaturated/α-hetero) is 1. The van der Waals surface area contributed by atoms with Crippen LogP contribution in [0.5, 0.6) is 5.88 Å². The predicted molar refractivity (Wildman–Crippen MR) is 153 cm³/mol. The number of para-hydroxylation sites is 1. The quantitative estimate of drug-likeness (QED) is 0.314. The molecule has 2 fully saturated rings. The summed E-state index contributed by atoms with van der Waals surface area (Å²) in [4.78, 5) is 22.0. The number of halogens is 2. The second kappa shape index (κ2) is 12.8. The van der Waals surface area contributed by atoms with Crippen molar-refractivity contribution in [3.63, 3.8) is 0 Å². The molecule has 7 nitrogen and oxygen atoms in total. The van der Waals surface area contributed by atoms with Crippen LogP contribution in [0.1, 0.15) is 56.0 Å². The van der Waals surface area contributed by atoms with E-state index in [4.69, 9.17) is 14.7 Å². The predicted octanol–water partition coefficient (Wildman–Crippen LogP) is 5.69. The van der Waals surface area contributed by atoms with E-state index in [0.29, 0.717) is 30.5 Å². The van der Waals surface area contributed by atoms with Gasteiger partial charge in [-0.25, -0.2) is 13.5 Å². The van der Waals surface area contributed by atoms with E-state index in [0.717, 1.165) is 48.9 Å². The number of piperidine rings is 1. The maximum Gasteiger partial charge on any atom is 0.236 e. The molecule has 2 aliphatic heterocycles. The highest BCUT2D eigenvalue weighted by Crippen LogP contribution is 2.37. The van der Waals surface area contributed by atoms with Crippen molar-refractivity contribution in [3.8, 4) is 11.6 Å². The van der Waals surface area contributed by atoms with Crippen LogP contribution in [0.2, 0.25) is 0 Å². The minimum absolute atomic E-state index is 0.0117.